The van der Waals surface area contributed by atoms with Gasteiger partial charge in [-0.3, -0.25) is 14.4 Å². The summed E-state index contributed by atoms with van der Waals surface area (Å²) < 4.78 is 11.6. The molecule has 31 heavy (non-hydrogen) atoms. The molecule has 0 saturated carbocycles. The van der Waals surface area contributed by atoms with Crippen LogP contribution in [0.3, 0.4) is 0 Å². The molecule has 3 aliphatic rings. The van der Waals surface area contributed by atoms with E-state index in [1.165, 1.54) is 4.90 Å². The van der Waals surface area contributed by atoms with Gasteiger partial charge in [-0.05, 0) is 39.5 Å². The average Bonchev–Trinajstić information content (AvgIpc) is 3.34. The molecule has 174 valence electrons. The summed E-state index contributed by atoms with van der Waals surface area (Å²) in [4.78, 5) is 43.7. The maximum absolute atomic E-state index is 13.9. The molecule has 8 nitrogen and oxygen atoms in total. The number of carbonyl (C=O) groups is 3. The molecule has 0 aromatic heterocycles. The molecule has 3 rings (SSSR count). The molecule has 0 aliphatic carbocycles. The first kappa shape index (κ1) is 23.7. The lowest BCUT2D eigenvalue weighted by Gasteiger charge is -2.41. The monoisotopic (exact) mass is 436 g/mol. The van der Waals surface area contributed by atoms with Gasteiger partial charge in [0.15, 0.2) is 0 Å². The van der Waals surface area contributed by atoms with Gasteiger partial charge in [0.2, 0.25) is 11.8 Å². The molecular formula is C23H36N2O6. The first-order valence-electron chi connectivity index (χ1n) is 11.3. The van der Waals surface area contributed by atoms with E-state index in [4.69, 9.17) is 9.47 Å². The fourth-order valence-electron chi connectivity index (χ4n) is 5.71. The Morgan fingerprint density at radius 1 is 1.39 bits per heavy atom. The van der Waals surface area contributed by atoms with E-state index < -0.39 is 41.6 Å². The first-order chi connectivity index (χ1) is 14.7. The third-order valence-corrected chi connectivity index (χ3v) is 7.08. The van der Waals surface area contributed by atoms with E-state index in [2.05, 4.69) is 6.58 Å². The lowest BCUT2D eigenvalue weighted by atomic mass is 9.70. The maximum Gasteiger partial charge on any atom is 0.312 e. The van der Waals surface area contributed by atoms with Crippen molar-refractivity contribution < 1.29 is 29.0 Å². The molecule has 0 aromatic carbocycles. The number of carbonyl (C=O) groups excluding carboxylic acids is 3. The first-order valence-corrected chi connectivity index (χ1v) is 11.3. The van der Waals surface area contributed by atoms with Crippen LogP contribution in [0.25, 0.3) is 0 Å². The normalized spacial score (nSPS) is 32.5. The van der Waals surface area contributed by atoms with Crippen molar-refractivity contribution in [2.24, 2.45) is 17.8 Å². The predicted octanol–water partition coefficient (Wildman–Crippen LogP) is 1.36. The number of likely N-dealkylation sites (tertiary alicyclic amines) is 1. The molecule has 3 heterocycles. The van der Waals surface area contributed by atoms with Crippen LogP contribution < -0.4 is 0 Å². The smallest absolute Gasteiger partial charge is 0.312 e. The van der Waals surface area contributed by atoms with Crippen LogP contribution in [0.1, 0.15) is 47.5 Å². The van der Waals surface area contributed by atoms with Crippen molar-refractivity contribution in [2.45, 2.75) is 77.3 Å². The van der Waals surface area contributed by atoms with Crippen LogP contribution in [0.5, 0.6) is 0 Å². The number of ether oxygens (including phenoxy) is 2. The number of hydrogen-bond donors (Lipinski definition) is 1. The van der Waals surface area contributed by atoms with Crippen molar-refractivity contribution in [2.75, 3.05) is 19.8 Å². The minimum atomic E-state index is -1.08. The zero-order valence-corrected chi connectivity index (χ0v) is 19.2. The Bertz CT molecular complexity index is 738. The van der Waals surface area contributed by atoms with Gasteiger partial charge >= 0.3 is 5.97 Å². The molecule has 6 atom stereocenters. The fourth-order valence-corrected chi connectivity index (χ4v) is 5.71. The van der Waals surface area contributed by atoms with Gasteiger partial charge in [0.25, 0.3) is 0 Å². The molecule has 0 unspecified atom stereocenters. The number of esters is 1. The third-order valence-electron chi connectivity index (χ3n) is 7.08. The van der Waals surface area contributed by atoms with E-state index >= 15 is 0 Å². The van der Waals surface area contributed by atoms with Gasteiger partial charge in [-0.1, -0.05) is 19.9 Å². The summed E-state index contributed by atoms with van der Waals surface area (Å²) >= 11 is 0. The second-order valence-corrected chi connectivity index (χ2v) is 9.42. The van der Waals surface area contributed by atoms with Gasteiger partial charge in [-0.25, -0.2) is 0 Å². The Morgan fingerprint density at radius 3 is 2.58 bits per heavy atom. The third kappa shape index (κ3) is 3.57. The van der Waals surface area contributed by atoms with Crippen molar-refractivity contribution in [3.8, 4) is 0 Å². The molecule has 1 N–H and O–H groups in total. The van der Waals surface area contributed by atoms with Crippen LogP contribution >= 0.6 is 0 Å². The zero-order valence-electron chi connectivity index (χ0n) is 19.2. The topological polar surface area (TPSA) is 96.4 Å². The number of nitrogens with zero attached hydrogens (tertiary/aromatic N) is 2. The number of aliphatic hydroxyl groups is 1. The summed E-state index contributed by atoms with van der Waals surface area (Å²) in [6.45, 7) is 13.4. The molecule has 0 radical (unpaired) electrons. The van der Waals surface area contributed by atoms with Gasteiger partial charge in [-0.15, -0.1) is 6.58 Å². The van der Waals surface area contributed by atoms with Crippen molar-refractivity contribution in [3.05, 3.63) is 12.7 Å². The van der Waals surface area contributed by atoms with E-state index in [1.54, 1.807) is 17.9 Å². The molecule has 3 fully saturated rings. The predicted molar refractivity (Wildman–Crippen MR) is 114 cm³/mol. The number of amides is 2. The van der Waals surface area contributed by atoms with Crippen molar-refractivity contribution in [1.82, 2.24) is 9.80 Å². The Kier molecular flexibility index (Phi) is 6.81. The van der Waals surface area contributed by atoms with Gasteiger partial charge < -0.3 is 24.4 Å². The number of aliphatic hydroxyl groups excluding tert-OH is 1. The Balaban J connectivity index is 2.11. The number of hydrogen-bond acceptors (Lipinski definition) is 6. The summed E-state index contributed by atoms with van der Waals surface area (Å²) in [6, 6.07) is -1.55. The molecule has 1 spiro atoms. The van der Waals surface area contributed by atoms with E-state index in [9.17, 15) is 19.5 Å². The molecule has 2 amide bonds. The fraction of sp³-hybridized carbons (Fsp3) is 0.783. The van der Waals surface area contributed by atoms with E-state index in [0.717, 1.165) is 0 Å². The van der Waals surface area contributed by atoms with E-state index in [1.807, 2.05) is 27.7 Å². The van der Waals surface area contributed by atoms with Crippen LogP contribution in [0.2, 0.25) is 0 Å². The summed E-state index contributed by atoms with van der Waals surface area (Å²) in [5.41, 5.74) is -1.08. The number of fused-ring (bicyclic) bond motifs is 1. The summed E-state index contributed by atoms with van der Waals surface area (Å²) in [6.07, 6.45) is 2.35. The molecule has 8 heteroatoms. The minimum Gasteiger partial charge on any atom is -0.466 e. The van der Waals surface area contributed by atoms with Crippen molar-refractivity contribution in [3.63, 3.8) is 0 Å². The highest BCUT2D eigenvalue weighted by Crippen LogP contribution is 2.59. The Morgan fingerprint density at radius 2 is 2.06 bits per heavy atom. The highest BCUT2D eigenvalue weighted by Gasteiger charge is 2.75. The number of rotatable bonds is 9. The second kappa shape index (κ2) is 8.90. The quantitative estimate of drug-likeness (QED) is 0.433. The molecule has 3 aliphatic heterocycles. The van der Waals surface area contributed by atoms with Gasteiger partial charge in [0, 0.05) is 12.6 Å². The second-order valence-electron chi connectivity index (χ2n) is 9.42. The van der Waals surface area contributed by atoms with Crippen LogP contribution in [0.4, 0.5) is 0 Å². The van der Waals surface area contributed by atoms with Gasteiger partial charge in [0.1, 0.15) is 11.6 Å². The van der Waals surface area contributed by atoms with Crippen LogP contribution in [-0.4, -0.2) is 82.3 Å². The maximum atomic E-state index is 13.9. The summed E-state index contributed by atoms with van der Waals surface area (Å²) in [5.74, 6) is -2.55. The van der Waals surface area contributed by atoms with E-state index in [0.29, 0.717) is 19.4 Å². The Labute approximate surface area is 184 Å². The highest BCUT2D eigenvalue weighted by molar-refractivity contribution is 5.98. The molecule has 0 aromatic rings. The van der Waals surface area contributed by atoms with Crippen LogP contribution in [0.15, 0.2) is 12.7 Å². The van der Waals surface area contributed by atoms with Gasteiger partial charge in [-0.2, -0.15) is 0 Å². The van der Waals surface area contributed by atoms with Crippen LogP contribution in [0, 0.1) is 17.8 Å². The molecule has 2 bridgehead atoms. The van der Waals surface area contributed by atoms with Gasteiger partial charge in [0.05, 0.1) is 37.2 Å². The molecular weight excluding hydrogens is 400 g/mol. The summed E-state index contributed by atoms with van der Waals surface area (Å²) in [7, 11) is 0. The standard InChI is InChI=1S/C23H36N2O6/c1-7-11-24(14(5)6)21(28)19-23-10-9-16(31-23)17(22(29)30-8-2)18(23)20(27)25(19)15(12-26)13(3)4/h7,13-19,26H,1,8-12H2,2-6H3/t15-,16-,17+,18+,19-,23+/m0/s1. The zero-order chi connectivity index (χ0) is 23.1. The summed E-state index contributed by atoms with van der Waals surface area (Å²) in [5, 5.41) is 10.1. The highest BCUT2D eigenvalue weighted by atomic mass is 16.6. The van der Waals surface area contributed by atoms with E-state index in [-0.39, 0.29) is 37.0 Å². The lowest BCUT2D eigenvalue weighted by Crippen LogP contribution is -2.60. The lowest BCUT2D eigenvalue weighted by molar-refractivity contribution is -0.157. The largest absolute Gasteiger partial charge is 0.466 e. The van der Waals surface area contributed by atoms with Crippen molar-refractivity contribution >= 4 is 17.8 Å². The SMILES string of the molecule is C=CCN(C(=O)[C@@H]1N([C@@H](CO)C(C)C)C(=O)[C@H]2[C@H](C(=O)OCC)[C@@H]3CC[C@]12O3)C(C)C. The van der Waals surface area contributed by atoms with Crippen LogP contribution in [-0.2, 0) is 23.9 Å². The average molecular weight is 437 g/mol. The molecule has 3 saturated heterocycles. The van der Waals surface area contributed by atoms with Crippen molar-refractivity contribution in [1.29, 1.82) is 0 Å². The Hall–Kier alpha value is -1.93. The minimum absolute atomic E-state index is 0.0791.